The minimum Gasteiger partial charge on any atom is -0.619 e. The molecule has 0 unspecified atom stereocenters. The molecule has 4 aliphatic heterocycles. The van der Waals surface area contributed by atoms with Gasteiger partial charge in [0.05, 0.1) is 31.1 Å². The van der Waals surface area contributed by atoms with E-state index in [1.807, 2.05) is 54.6 Å². The van der Waals surface area contributed by atoms with Gasteiger partial charge in [-0.2, -0.15) is 9.04 Å². The van der Waals surface area contributed by atoms with Gasteiger partial charge in [-0.3, -0.25) is 9.69 Å². The third kappa shape index (κ3) is 11.0. The van der Waals surface area contributed by atoms with Crippen LogP contribution >= 0.6 is 23.2 Å². The van der Waals surface area contributed by atoms with E-state index in [0.717, 1.165) is 49.2 Å². The number of ether oxygens (including phenoxy) is 5. The van der Waals surface area contributed by atoms with E-state index < -0.39 is 40.1 Å². The second kappa shape index (κ2) is 20.9. The van der Waals surface area contributed by atoms with Gasteiger partial charge in [0.15, 0.2) is 23.9 Å². The van der Waals surface area contributed by atoms with Crippen LogP contribution in [-0.2, 0) is 37.3 Å². The second-order valence-corrected chi connectivity index (χ2v) is 19.5. The predicted molar refractivity (Wildman–Crippen MR) is 247 cm³/mol. The molecule has 1 aromatic heterocycles. The van der Waals surface area contributed by atoms with Crippen LogP contribution in [0, 0.1) is 17.0 Å². The maximum Gasteiger partial charge on any atom is 0.408 e. The lowest BCUT2D eigenvalue weighted by molar-refractivity contribution is -0.605. The molecular formula is C49H52Cl2N4O10S. The first-order valence-electron chi connectivity index (χ1n) is 21.9. The average Bonchev–Trinajstić information content (AvgIpc) is 3.34. The Bertz CT molecular complexity index is 2580. The number of nitrogens with zero attached hydrogens (tertiary/aromatic N) is 3. The molecular weight excluding hydrogens is 908 g/mol. The Labute approximate surface area is 394 Å². The zero-order chi connectivity index (χ0) is 46.4. The van der Waals surface area contributed by atoms with Gasteiger partial charge in [-0.15, -0.1) is 0 Å². The monoisotopic (exact) mass is 958 g/mol. The number of carbonyl (C=O) groups is 2. The smallest absolute Gasteiger partial charge is 0.408 e. The third-order valence-electron chi connectivity index (χ3n) is 12.7. The topological polar surface area (TPSA) is 160 Å². The number of aromatic nitrogens is 1. The van der Waals surface area contributed by atoms with E-state index in [2.05, 4.69) is 10.2 Å². The molecule has 4 fully saturated rings. The lowest BCUT2D eigenvalue weighted by Gasteiger charge is -2.43. The predicted octanol–water partition coefficient (Wildman–Crippen LogP) is 8.06. The highest BCUT2D eigenvalue weighted by atomic mass is 35.5. The summed E-state index contributed by atoms with van der Waals surface area (Å²) in [5.41, 5.74) is 3.48. The van der Waals surface area contributed by atoms with E-state index in [1.165, 1.54) is 30.9 Å². The van der Waals surface area contributed by atoms with Gasteiger partial charge in [-0.05, 0) is 103 Å². The minimum absolute atomic E-state index is 0.0599. The molecule has 0 aliphatic carbocycles. The number of methoxy groups -OCH3 is 2. The zero-order valence-corrected chi connectivity index (χ0v) is 39.0. The summed E-state index contributed by atoms with van der Waals surface area (Å²) in [4.78, 5) is 29.5. The Morgan fingerprint density at radius 1 is 0.803 bits per heavy atom. The van der Waals surface area contributed by atoms with Crippen LogP contribution in [0.5, 0.6) is 17.2 Å². The summed E-state index contributed by atoms with van der Waals surface area (Å²) in [5.74, 6) is 0.792. The van der Waals surface area contributed by atoms with E-state index >= 15 is 0 Å². The maximum absolute atomic E-state index is 13.8. The van der Waals surface area contributed by atoms with Crippen molar-refractivity contribution in [2.24, 2.45) is 11.8 Å². The van der Waals surface area contributed by atoms with Gasteiger partial charge < -0.3 is 34.2 Å². The minimum atomic E-state index is -3.88. The molecule has 1 N–H and O–H groups in total. The Hall–Kier alpha value is -5.58. The van der Waals surface area contributed by atoms with Crippen molar-refractivity contribution in [1.29, 1.82) is 0 Å². The fourth-order valence-electron chi connectivity index (χ4n) is 8.96. The SMILES string of the molecule is COc1ccc([C@H](Cc2c(Cl)c[n+]([O-])cc2Cl)OC(=O)C2CCN(S(=O)(=O)c3ccc(COc4cccc([C@@H](NC(=O)O[C@H]5CN6CCC5CC6)c5ccccc5)c4)cc3)CC2)cc1OC. The number of benzene rings is 4. The zero-order valence-electron chi connectivity index (χ0n) is 36.6. The van der Waals surface area contributed by atoms with Gasteiger partial charge in [-0.1, -0.05) is 83.9 Å². The number of alkyl carbamates (subject to hydrolysis) is 1. The van der Waals surface area contributed by atoms with Crippen molar-refractivity contribution in [3.63, 3.8) is 0 Å². The molecule has 1 amide bonds. The summed E-state index contributed by atoms with van der Waals surface area (Å²) < 4.78 is 58.7. The quantitative estimate of drug-likeness (QED) is 0.0579. The van der Waals surface area contributed by atoms with Gasteiger partial charge in [0.25, 0.3) is 0 Å². The maximum atomic E-state index is 13.8. The molecule has 9 rings (SSSR count). The van der Waals surface area contributed by atoms with Crippen LogP contribution < -0.4 is 24.3 Å². The summed E-state index contributed by atoms with van der Waals surface area (Å²) in [7, 11) is -0.876. The summed E-state index contributed by atoms with van der Waals surface area (Å²) >= 11 is 12.8. The van der Waals surface area contributed by atoms with Crippen molar-refractivity contribution >= 4 is 45.3 Å². The Balaban J connectivity index is 0.876. The number of amides is 1. The largest absolute Gasteiger partial charge is 0.619 e. The Morgan fingerprint density at radius 2 is 1.48 bits per heavy atom. The molecule has 348 valence electrons. The summed E-state index contributed by atoms with van der Waals surface area (Å²) in [5, 5.41) is 15.3. The van der Waals surface area contributed by atoms with Gasteiger partial charge in [0.1, 0.15) is 34.6 Å². The van der Waals surface area contributed by atoms with E-state index in [-0.39, 0.29) is 60.0 Å². The van der Waals surface area contributed by atoms with Gasteiger partial charge in [-0.25, -0.2) is 13.2 Å². The lowest BCUT2D eigenvalue weighted by atomic mass is 9.86. The third-order valence-corrected chi connectivity index (χ3v) is 15.2. The molecule has 5 aromatic rings. The van der Waals surface area contributed by atoms with Crippen LogP contribution in [0.2, 0.25) is 10.0 Å². The first-order valence-corrected chi connectivity index (χ1v) is 24.1. The van der Waals surface area contributed by atoms with Gasteiger partial charge in [0.2, 0.25) is 10.0 Å². The Morgan fingerprint density at radius 3 is 2.14 bits per heavy atom. The highest BCUT2D eigenvalue weighted by Gasteiger charge is 2.37. The van der Waals surface area contributed by atoms with Crippen LogP contribution in [0.15, 0.2) is 114 Å². The summed E-state index contributed by atoms with van der Waals surface area (Å²) in [6, 6.07) is 28.5. The number of sulfonamides is 1. The van der Waals surface area contributed by atoms with Crippen LogP contribution in [0.1, 0.15) is 65.6 Å². The number of pyridine rings is 1. The fraction of sp³-hybridized carbons (Fsp3) is 0.367. The molecule has 0 radical (unpaired) electrons. The standard InChI is InChI=1S/C49H52Cl2N4O10S/c1-61-43-16-13-36(26-45(43)62-2)44(27-40-41(50)28-54(58)29-42(40)51)64-48(56)35-19-23-55(24-20-35)66(59,60)39-14-11-32(12-15-39)31-63-38-10-6-9-37(25-38)47(34-7-4-3-5-8-34)52-49(57)65-46-30-53-21-17-33(46)18-22-53/h3-16,25-26,28-29,33,35,44,46-47H,17-24,27,30-31H2,1-2H3,(H,52,57)/t44-,46-,47-/m0/s1. The molecule has 3 atom stereocenters. The molecule has 0 saturated carbocycles. The van der Waals surface area contributed by atoms with Crippen molar-refractivity contribution in [3.05, 3.63) is 153 Å². The summed E-state index contributed by atoms with van der Waals surface area (Å²) in [6.07, 6.45) is 3.53. The van der Waals surface area contributed by atoms with Crippen molar-refractivity contribution < 1.29 is 46.4 Å². The average molecular weight is 960 g/mol. The molecule has 17 heteroatoms. The van der Waals surface area contributed by atoms with Gasteiger partial charge >= 0.3 is 12.1 Å². The number of carbonyl (C=O) groups excluding carboxylic acids is 2. The number of fused-ring (bicyclic) bond motifs is 3. The second-order valence-electron chi connectivity index (χ2n) is 16.8. The first kappa shape index (κ1) is 46.9. The van der Waals surface area contributed by atoms with E-state index in [9.17, 15) is 23.2 Å². The Kier molecular flexibility index (Phi) is 14.9. The number of piperidine rings is 4. The number of nitrogens with one attached hydrogen (secondary N) is 1. The highest BCUT2D eigenvalue weighted by molar-refractivity contribution is 7.89. The number of hydrogen-bond acceptors (Lipinski definition) is 11. The van der Waals surface area contributed by atoms with E-state index in [0.29, 0.717) is 39.0 Å². The summed E-state index contributed by atoms with van der Waals surface area (Å²) in [6.45, 7) is 3.28. The lowest BCUT2D eigenvalue weighted by Crippen LogP contribution is -2.52. The number of esters is 1. The van der Waals surface area contributed by atoms with Crippen LogP contribution in [0.4, 0.5) is 4.79 Å². The molecule has 66 heavy (non-hydrogen) atoms. The molecule has 5 heterocycles. The van der Waals surface area contributed by atoms with Crippen LogP contribution in [0.3, 0.4) is 0 Å². The van der Waals surface area contributed by atoms with Crippen molar-refractivity contribution in [2.75, 3.05) is 46.9 Å². The van der Waals surface area contributed by atoms with E-state index in [4.69, 9.17) is 46.9 Å². The molecule has 4 aliphatic rings. The van der Waals surface area contributed by atoms with Crippen LogP contribution in [-0.4, -0.2) is 82.7 Å². The first-order chi connectivity index (χ1) is 31.9. The van der Waals surface area contributed by atoms with Crippen molar-refractivity contribution in [1.82, 2.24) is 14.5 Å². The molecule has 14 nitrogen and oxygen atoms in total. The van der Waals surface area contributed by atoms with Crippen LogP contribution in [0.25, 0.3) is 0 Å². The molecule has 4 saturated heterocycles. The van der Waals surface area contributed by atoms with Gasteiger partial charge in [0, 0.05) is 31.6 Å². The number of hydrogen-bond donors (Lipinski definition) is 1. The molecule has 0 spiro atoms. The van der Waals surface area contributed by atoms with Crippen molar-refractivity contribution in [2.45, 2.75) is 61.9 Å². The molecule has 4 aromatic carbocycles. The highest BCUT2D eigenvalue weighted by Crippen LogP contribution is 2.37. The normalized spacial score (nSPS) is 19.6. The van der Waals surface area contributed by atoms with E-state index in [1.54, 1.807) is 42.5 Å². The number of rotatable bonds is 16. The number of halogens is 2. The van der Waals surface area contributed by atoms with Crippen molar-refractivity contribution in [3.8, 4) is 17.2 Å². The molecule has 2 bridgehead atoms. The fourth-order valence-corrected chi connectivity index (χ4v) is 11.0.